The number of thioether (sulfide) groups is 1. The Balaban J connectivity index is 2.49. The molecule has 0 amide bonds. The lowest BCUT2D eigenvalue weighted by Gasteiger charge is -2.37. The minimum Gasteiger partial charge on any atom is -0.355 e. The number of hydrogen-bond acceptors (Lipinski definition) is 2. The zero-order valence-electron chi connectivity index (χ0n) is 11.9. The number of nitrogens with one attached hydrogen (secondary N) is 1. The molecule has 0 saturated carbocycles. The van der Waals surface area contributed by atoms with Crippen molar-refractivity contribution in [2.45, 2.75) is 32.4 Å². The van der Waals surface area contributed by atoms with Crippen LogP contribution in [-0.4, -0.2) is 49.0 Å². The maximum atomic E-state index is 4.41. The van der Waals surface area contributed by atoms with Crippen molar-refractivity contribution in [1.29, 1.82) is 0 Å². The van der Waals surface area contributed by atoms with Crippen LogP contribution in [0, 0.1) is 11.8 Å². The van der Waals surface area contributed by atoms with Crippen LogP contribution in [0.5, 0.6) is 0 Å². The van der Waals surface area contributed by atoms with Gasteiger partial charge in [0.2, 0.25) is 0 Å². The van der Waals surface area contributed by atoms with E-state index in [1.165, 1.54) is 6.42 Å². The van der Waals surface area contributed by atoms with Gasteiger partial charge in [-0.3, -0.25) is 4.99 Å². The molecule has 0 spiro atoms. The van der Waals surface area contributed by atoms with Gasteiger partial charge in [0.25, 0.3) is 0 Å². The van der Waals surface area contributed by atoms with E-state index in [1.807, 2.05) is 18.8 Å². The normalized spacial score (nSPS) is 28.1. The molecule has 3 nitrogen and oxygen atoms in total. The van der Waals surface area contributed by atoms with Gasteiger partial charge in [0.1, 0.15) is 0 Å². The standard InChI is InChI=1S/C13H27N3S/c1-10-6-11(2)9-16(8-10)13(14-4)15-7-12(3)17-5/h10-12H,6-9H2,1-5H3,(H,14,15). The van der Waals surface area contributed by atoms with E-state index in [2.05, 4.69) is 42.2 Å². The minimum atomic E-state index is 0.631. The summed E-state index contributed by atoms with van der Waals surface area (Å²) >= 11 is 1.89. The molecule has 1 saturated heterocycles. The van der Waals surface area contributed by atoms with Crippen molar-refractivity contribution in [2.24, 2.45) is 16.8 Å². The lowest BCUT2D eigenvalue weighted by Crippen LogP contribution is -2.49. The molecule has 3 atom stereocenters. The molecule has 1 aliphatic rings. The fourth-order valence-electron chi connectivity index (χ4n) is 2.49. The zero-order chi connectivity index (χ0) is 12.8. The topological polar surface area (TPSA) is 27.6 Å². The summed E-state index contributed by atoms with van der Waals surface area (Å²) in [7, 11) is 1.88. The molecular formula is C13H27N3S. The molecular weight excluding hydrogens is 230 g/mol. The molecule has 1 heterocycles. The summed E-state index contributed by atoms with van der Waals surface area (Å²) in [4.78, 5) is 6.82. The van der Waals surface area contributed by atoms with Crippen LogP contribution < -0.4 is 5.32 Å². The first-order chi connectivity index (χ1) is 8.06. The Morgan fingerprint density at radius 3 is 2.47 bits per heavy atom. The van der Waals surface area contributed by atoms with E-state index in [0.29, 0.717) is 5.25 Å². The number of nitrogens with zero attached hydrogens (tertiary/aromatic N) is 2. The van der Waals surface area contributed by atoms with Crippen LogP contribution >= 0.6 is 11.8 Å². The molecule has 1 aliphatic heterocycles. The van der Waals surface area contributed by atoms with Crippen molar-refractivity contribution in [2.75, 3.05) is 32.9 Å². The molecule has 17 heavy (non-hydrogen) atoms. The third-order valence-electron chi connectivity index (χ3n) is 3.33. The van der Waals surface area contributed by atoms with Crippen LogP contribution in [0.15, 0.2) is 4.99 Å². The van der Waals surface area contributed by atoms with Gasteiger partial charge in [-0.1, -0.05) is 20.8 Å². The van der Waals surface area contributed by atoms with Crippen LogP contribution in [-0.2, 0) is 0 Å². The van der Waals surface area contributed by atoms with Gasteiger partial charge in [0.05, 0.1) is 0 Å². The molecule has 3 unspecified atom stereocenters. The fourth-order valence-corrected chi connectivity index (χ4v) is 2.74. The molecule has 0 bridgehead atoms. The molecule has 0 radical (unpaired) electrons. The Morgan fingerprint density at radius 2 is 2.00 bits per heavy atom. The van der Waals surface area contributed by atoms with Gasteiger partial charge < -0.3 is 10.2 Å². The highest BCUT2D eigenvalue weighted by Crippen LogP contribution is 2.20. The van der Waals surface area contributed by atoms with Crippen molar-refractivity contribution in [1.82, 2.24) is 10.2 Å². The third-order valence-corrected chi connectivity index (χ3v) is 4.30. The van der Waals surface area contributed by atoms with E-state index in [0.717, 1.165) is 37.4 Å². The highest BCUT2D eigenvalue weighted by molar-refractivity contribution is 7.99. The third kappa shape index (κ3) is 4.78. The molecule has 0 aromatic rings. The van der Waals surface area contributed by atoms with Crippen molar-refractivity contribution >= 4 is 17.7 Å². The molecule has 4 heteroatoms. The van der Waals surface area contributed by atoms with E-state index in [9.17, 15) is 0 Å². The number of guanidine groups is 1. The number of rotatable bonds is 3. The van der Waals surface area contributed by atoms with E-state index < -0.39 is 0 Å². The molecule has 1 N–H and O–H groups in total. The molecule has 1 rings (SSSR count). The monoisotopic (exact) mass is 257 g/mol. The van der Waals surface area contributed by atoms with Gasteiger partial charge in [-0.05, 0) is 24.5 Å². The predicted octanol–water partition coefficient (Wildman–Crippen LogP) is 2.29. The zero-order valence-corrected chi connectivity index (χ0v) is 12.7. The Hall–Kier alpha value is -0.380. The van der Waals surface area contributed by atoms with E-state index >= 15 is 0 Å². The molecule has 0 aliphatic carbocycles. The number of hydrogen-bond donors (Lipinski definition) is 1. The average molecular weight is 257 g/mol. The first kappa shape index (κ1) is 14.7. The van der Waals surface area contributed by atoms with Gasteiger partial charge >= 0.3 is 0 Å². The van der Waals surface area contributed by atoms with Crippen molar-refractivity contribution in [3.63, 3.8) is 0 Å². The van der Waals surface area contributed by atoms with Gasteiger partial charge in [-0.25, -0.2) is 0 Å². The van der Waals surface area contributed by atoms with Gasteiger partial charge in [-0.15, -0.1) is 0 Å². The Morgan fingerprint density at radius 1 is 1.41 bits per heavy atom. The Labute approximate surface area is 110 Å². The maximum Gasteiger partial charge on any atom is 0.193 e. The lowest BCUT2D eigenvalue weighted by atomic mass is 9.92. The van der Waals surface area contributed by atoms with Gasteiger partial charge in [0.15, 0.2) is 5.96 Å². The predicted molar refractivity (Wildman–Crippen MR) is 78.9 cm³/mol. The minimum absolute atomic E-state index is 0.631. The smallest absolute Gasteiger partial charge is 0.193 e. The molecule has 0 aromatic carbocycles. The number of piperidine rings is 1. The van der Waals surface area contributed by atoms with Crippen LogP contribution in [0.25, 0.3) is 0 Å². The quantitative estimate of drug-likeness (QED) is 0.621. The molecule has 100 valence electrons. The van der Waals surface area contributed by atoms with Crippen LogP contribution in [0.4, 0.5) is 0 Å². The SMILES string of the molecule is CN=C(NCC(C)SC)N1CC(C)CC(C)C1. The van der Waals surface area contributed by atoms with Crippen molar-refractivity contribution in [3.8, 4) is 0 Å². The van der Waals surface area contributed by atoms with E-state index in [1.54, 1.807) is 0 Å². The summed E-state index contributed by atoms with van der Waals surface area (Å²) in [5, 5.41) is 4.12. The molecule has 0 aromatic heterocycles. The van der Waals surface area contributed by atoms with Crippen molar-refractivity contribution < 1.29 is 0 Å². The summed E-state index contributed by atoms with van der Waals surface area (Å²) in [6, 6.07) is 0. The highest BCUT2D eigenvalue weighted by Gasteiger charge is 2.23. The maximum absolute atomic E-state index is 4.41. The summed E-state index contributed by atoms with van der Waals surface area (Å²) in [5.74, 6) is 2.62. The summed E-state index contributed by atoms with van der Waals surface area (Å²) in [6.07, 6.45) is 3.49. The van der Waals surface area contributed by atoms with Crippen LogP contribution in [0.3, 0.4) is 0 Å². The van der Waals surface area contributed by atoms with Crippen LogP contribution in [0.1, 0.15) is 27.2 Å². The Kier molecular flexibility index (Phi) is 6.17. The largest absolute Gasteiger partial charge is 0.355 e. The Bertz CT molecular complexity index is 245. The fraction of sp³-hybridized carbons (Fsp3) is 0.923. The lowest BCUT2D eigenvalue weighted by molar-refractivity contribution is 0.208. The second kappa shape index (κ2) is 7.14. The van der Waals surface area contributed by atoms with E-state index in [4.69, 9.17) is 0 Å². The van der Waals surface area contributed by atoms with Gasteiger partial charge in [0, 0.05) is 31.9 Å². The van der Waals surface area contributed by atoms with Crippen molar-refractivity contribution in [3.05, 3.63) is 0 Å². The highest BCUT2D eigenvalue weighted by atomic mass is 32.2. The first-order valence-electron chi connectivity index (χ1n) is 6.55. The van der Waals surface area contributed by atoms with Crippen LogP contribution in [0.2, 0.25) is 0 Å². The summed E-state index contributed by atoms with van der Waals surface area (Å²) in [6.45, 7) is 10.2. The number of aliphatic imine (C=N–C) groups is 1. The second-order valence-corrected chi connectivity index (χ2v) is 6.60. The first-order valence-corrected chi connectivity index (χ1v) is 7.84. The second-order valence-electron chi connectivity index (χ2n) is 5.33. The number of likely N-dealkylation sites (tertiary alicyclic amines) is 1. The van der Waals surface area contributed by atoms with E-state index in [-0.39, 0.29) is 0 Å². The summed E-state index contributed by atoms with van der Waals surface area (Å²) in [5.41, 5.74) is 0. The summed E-state index contributed by atoms with van der Waals surface area (Å²) < 4.78 is 0. The van der Waals surface area contributed by atoms with Gasteiger partial charge in [-0.2, -0.15) is 11.8 Å². The molecule has 1 fully saturated rings. The average Bonchev–Trinajstić information content (AvgIpc) is 2.28.